The quantitative estimate of drug-likeness (QED) is 0.633. The number of benzene rings is 1. The van der Waals surface area contributed by atoms with Gasteiger partial charge in [0.15, 0.2) is 0 Å². The van der Waals surface area contributed by atoms with E-state index in [-0.39, 0.29) is 11.9 Å². The van der Waals surface area contributed by atoms with Crippen molar-refractivity contribution in [1.82, 2.24) is 5.43 Å². The third kappa shape index (κ3) is 4.16. The Hall–Kier alpha value is -1.17. The highest BCUT2D eigenvalue weighted by Gasteiger charge is 2.11. The van der Waals surface area contributed by atoms with E-state index in [9.17, 15) is 4.39 Å². The Bertz CT molecular complexity index is 516. The van der Waals surface area contributed by atoms with E-state index < -0.39 is 0 Å². The predicted octanol–water partition coefficient (Wildman–Crippen LogP) is 3.19. The van der Waals surface area contributed by atoms with Crippen LogP contribution in [0.5, 0.6) is 0 Å². The van der Waals surface area contributed by atoms with Gasteiger partial charge in [-0.2, -0.15) is 0 Å². The standard InChI is InChI=1S/C14H16BrFN2O/c15-14-9-11(16)4-3-10(14)8-12(18-17)5-6-13-2-1-7-19-13/h1-4,7,9,12,18H,5-6,8,17H2. The molecule has 2 rings (SSSR count). The Morgan fingerprint density at radius 3 is 2.84 bits per heavy atom. The maximum Gasteiger partial charge on any atom is 0.124 e. The van der Waals surface area contributed by atoms with E-state index in [1.807, 2.05) is 12.1 Å². The molecule has 0 spiro atoms. The first kappa shape index (κ1) is 14.2. The van der Waals surface area contributed by atoms with Crippen LogP contribution in [0.4, 0.5) is 4.39 Å². The molecule has 5 heteroatoms. The average Bonchev–Trinajstić information content (AvgIpc) is 2.90. The van der Waals surface area contributed by atoms with E-state index in [1.165, 1.54) is 12.1 Å². The molecule has 0 fully saturated rings. The van der Waals surface area contributed by atoms with Crippen molar-refractivity contribution in [2.24, 2.45) is 5.84 Å². The topological polar surface area (TPSA) is 51.2 Å². The van der Waals surface area contributed by atoms with Gasteiger partial charge in [-0.1, -0.05) is 22.0 Å². The minimum absolute atomic E-state index is 0.117. The molecule has 0 aliphatic carbocycles. The van der Waals surface area contributed by atoms with E-state index in [2.05, 4.69) is 21.4 Å². The van der Waals surface area contributed by atoms with Crippen molar-refractivity contribution in [1.29, 1.82) is 0 Å². The second-order valence-corrected chi connectivity index (χ2v) is 5.28. The molecule has 3 N–H and O–H groups in total. The van der Waals surface area contributed by atoms with Gasteiger partial charge in [-0.25, -0.2) is 4.39 Å². The summed E-state index contributed by atoms with van der Waals surface area (Å²) in [4.78, 5) is 0. The molecule has 1 heterocycles. The first-order chi connectivity index (χ1) is 9.19. The minimum atomic E-state index is -0.247. The zero-order valence-electron chi connectivity index (χ0n) is 10.4. The molecule has 3 nitrogen and oxygen atoms in total. The van der Waals surface area contributed by atoms with Crippen LogP contribution in [0, 0.1) is 5.82 Å². The second-order valence-electron chi connectivity index (χ2n) is 4.42. The fourth-order valence-corrected chi connectivity index (χ4v) is 2.48. The number of hydrazine groups is 1. The Balaban J connectivity index is 1.94. The van der Waals surface area contributed by atoms with Gasteiger partial charge in [-0.3, -0.25) is 11.3 Å². The largest absolute Gasteiger partial charge is 0.469 e. The molecule has 0 saturated carbocycles. The van der Waals surface area contributed by atoms with Gasteiger partial charge in [-0.15, -0.1) is 0 Å². The molecule has 0 aliphatic heterocycles. The number of hydrogen-bond acceptors (Lipinski definition) is 3. The van der Waals surface area contributed by atoms with Crippen molar-refractivity contribution in [3.63, 3.8) is 0 Å². The van der Waals surface area contributed by atoms with Crippen molar-refractivity contribution >= 4 is 15.9 Å². The highest BCUT2D eigenvalue weighted by Crippen LogP contribution is 2.20. The normalized spacial score (nSPS) is 12.6. The summed E-state index contributed by atoms with van der Waals surface area (Å²) in [6.45, 7) is 0. The summed E-state index contributed by atoms with van der Waals surface area (Å²) in [5.74, 6) is 6.27. The van der Waals surface area contributed by atoms with Gasteiger partial charge in [0.1, 0.15) is 11.6 Å². The molecule has 0 saturated heterocycles. The van der Waals surface area contributed by atoms with Crippen molar-refractivity contribution in [3.05, 3.63) is 58.2 Å². The third-order valence-electron chi connectivity index (χ3n) is 3.04. The molecular formula is C14H16BrFN2O. The molecule has 1 atom stereocenters. The highest BCUT2D eigenvalue weighted by atomic mass is 79.9. The van der Waals surface area contributed by atoms with Gasteiger partial charge in [0.2, 0.25) is 0 Å². The molecular weight excluding hydrogens is 311 g/mol. The van der Waals surface area contributed by atoms with E-state index in [4.69, 9.17) is 10.3 Å². The molecule has 1 aromatic heterocycles. The van der Waals surface area contributed by atoms with Crippen LogP contribution >= 0.6 is 15.9 Å². The van der Waals surface area contributed by atoms with Crippen molar-refractivity contribution in [3.8, 4) is 0 Å². The molecule has 1 aromatic carbocycles. The van der Waals surface area contributed by atoms with E-state index in [0.717, 1.165) is 35.1 Å². The van der Waals surface area contributed by atoms with E-state index in [1.54, 1.807) is 12.3 Å². The van der Waals surface area contributed by atoms with Crippen LogP contribution in [0.25, 0.3) is 0 Å². The predicted molar refractivity (Wildman–Crippen MR) is 75.9 cm³/mol. The molecule has 2 aromatic rings. The number of nitrogens with one attached hydrogen (secondary N) is 1. The molecule has 1 unspecified atom stereocenters. The maximum atomic E-state index is 13.0. The third-order valence-corrected chi connectivity index (χ3v) is 3.77. The van der Waals surface area contributed by atoms with E-state index >= 15 is 0 Å². The van der Waals surface area contributed by atoms with Crippen LogP contribution in [0.15, 0.2) is 45.5 Å². The van der Waals surface area contributed by atoms with Gasteiger partial charge in [0.05, 0.1) is 6.26 Å². The van der Waals surface area contributed by atoms with Crippen molar-refractivity contribution in [2.45, 2.75) is 25.3 Å². The zero-order chi connectivity index (χ0) is 13.7. The molecule has 0 bridgehead atoms. The Morgan fingerprint density at radius 2 is 2.21 bits per heavy atom. The SMILES string of the molecule is NNC(CCc1ccco1)Cc1ccc(F)cc1Br. The van der Waals surface area contributed by atoms with Gasteiger partial charge >= 0.3 is 0 Å². The Kier molecular flexibility index (Phi) is 5.13. The summed E-state index contributed by atoms with van der Waals surface area (Å²) < 4.78 is 19.1. The van der Waals surface area contributed by atoms with Gasteiger partial charge < -0.3 is 4.42 Å². The smallest absolute Gasteiger partial charge is 0.124 e. The van der Waals surface area contributed by atoms with Gasteiger partial charge in [0, 0.05) is 16.9 Å². The first-order valence-corrected chi connectivity index (χ1v) is 6.91. The van der Waals surface area contributed by atoms with Crippen LogP contribution in [-0.4, -0.2) is 6.04 Å². The molecule has 0 amide bonds. The summed E-state index contributed by atoms with van der Waals surface area (Å²) in [6, 6.07) is 8.64. The number of rotatable bonds is 6. The second kappa shape index (κ2) is 6.84. The lowest BCUT2D eigenvalue weighted by Gasteiger charge is -2.16. The lowest BCUT2D eigenvalue weighted by molar-refractivity contribution is 0.447. The molecule has 0 aliphatic rings. The minimum Gasteiger partial charge on any atom is -0.469 e. The highest BCUT2D eigenvalue weighted by molar-refractivity contribution is 9.10. The summed E-state index contributed by atoms with van der Waals surface area (Å²) in [5.41, 5.74) is 3.83. The molecule has 102 valence electrons. The van der Waals surface area contributed by atoms with Crippen LogP contribution in [0.3, 0.4) is 0 Å². The van der Waals surface area contributed by atoms with Crippen molar-refractivity contribution in [2.75, 3.05) is 0 Å². The first-order valence-electron chi connectivity index (χ1n) is 6.11. The average molecular weight is 327 g/mol. The fourth-order valence-electron chi connectivity index (χ4n) is 1.97. The number of nitrogens with two attached hydrogens (primary N) is 1. The zero-order valence-corrected chi connectivity index (χ0v) is 12.0. The maximum absolute atomic E-state index is 13.0. The Morgan fingerprint density at radius 1 is 1.37 bits per heavy atom. The lowest BCUT2D eigenvalue weighted by atomic mass is 10.0. The number of aryl methyl sites for hydroxylation is 1. The van der Waals surface area contributed by atoms with Gasteiger partial charge in [0.25, 0.3) is 0 Å². The number of furan rings is 1. The summed E-state index contributed by atoms with van der Waals surface area (Å²) in [5, 5.41) is 0. The van der Waals surface area contributed by atoms with E-state index in [0.29, 0.717) is 0 Å². The van der Waals surface area contributed by atoms with Gasteiger partial charge in [-0.05, 0) is 42.7 Å². The Labute approximate surface area is 120 Å². The fraction of sp³-hybridized carbons (Fsp3) is 0.286. The van der Waals surface area contributed by atoms with Crippen molar-refractivity contribution < 1.29 is 8.81 Å². The number of hydrogen-bond donors (Lipinski definition) is 2. The van der Waals surface area contributed by atoms with Crippen LogP contribution < -0.4 is 11.3 Å². The monoisotopic (exact) mass is 326 g/mol. The summed E-state index contributed by atoms with van der Waals surface area (Å²) >= 11 is 3.37. The molecule has 0 radical (unpaired) electrons. The summed E-state index contributed by atoms with van der Waals surface area (Å²) in [7, 11) is 0. The van der Waals surface area contributed by atoms with Crippen LogP contribution in [0.1, 0.15) is 17.7 Å². The summed E-state index contributed by atoms with van der Waals surface area (Å²) in [6.07, 6.45) is 4.07. The van der Waals surface area contributed by atoms with Crippen LogP contribution in [-0.2, 0) is 12.8 Å². The lowest BCUT2D eigenvalue weighted by Crippen LogP contribution is -2.37. The van der Waals surface area contributed by atoms with Crippen LogP contribution in [0.2, 0.25) is 0 Å². The number of halogens is 2. The molecule has 19 heavy (non-hydrogen) atoms.